The van der Waals surface area contributed by atoms with Crippen molar-refractivity contribution in [2.75, 3.05) is 10.6 Å². The molecular weight excluding hydrogens is 450 g/mol. The zero-order valence-corrected chi connectivity index (χ0v) is 19.9. The predicted molar refractivity (Wildman–Crippen MR) is 136 cm³/mol. The summed E-state index contributed by atoms with van der Waals surface area (Å²) in [6.45, 7) is 3.81. The molecule has 4 rings (SSSR count). The normalized spacial score (nSPS) is 11.6. The van der Waals surface area contributed by atoms with E-state index in [0.29, 0.717) is 16.4 Å². The van der Waals surface area contributed by atoms with Crippen molar-refractivity contribution in [3.8, 4) is 0 Å². The largest absolute Gasteiger partial charge is 0.322 e. The fraction of sp³-hybridized carbons (Fsp3) is 0.115. The number of anilines is 2. The van der Waals surface area contributed by atoms with Crippen LogP contribution < -0.4 is 10.6 Å². The minimum atomic E-state index is -0.442. The molecule has 1 atom stereocenters. The molecule has 0 spiro atoms. The molecule has 7 heteroatoms. The third kappa shape index (κ3) is 5.88. The molecule has 0 aliphatic rings. The van der Waals surface area contributed by atoms with Gasteiger partial charge in [-0.1, -0.05) is 48.5 Å². The van der Waals surface area contributed by atoms with E-state index in [2.05, 4.69) is 15.6 Å². The molecule has 3 aromatic carbocycles. The van der Waals surface area contributed by atoms with Gasteiger partial charge in [0.1, 0.15) is 5.25 Å². The van der Waals surface area contributed by atoms with Crippen molar-refractivity contribution in [3.63, 3.8) is 0 Å². The van der Waals surface area contributed by atoms with Crippen LogP contribution in [0, 0.1) is 13.8 Å². The number of thioether (sulfide) groups is 1. The standard InChI is InChI=1S/C26H23N3O2S2/c1-17-8-6-7-11-22(17)24(30)28-20-12-14-21(15-13-20)33-23(19-9-4-3-5-10-19)25(31)29-26-27-18(2)16-32-26/h3-16,23H,1-2H3,(H,28,30)(H,27,29,31). The SMILES string of the molecule is Cc1csc(NC(=O)C(Sc2ccc(NC(=O)c3ccccc3C)cc2)c2ccccc2)n1. The Kier molecular flexibility index (Phi) is 7.22. The second-order valence-corrected chi connectivity index (χ2v) is 9.52. The van der Waals surface area contributed by atoms with Crippen molar-refractivity contribution in [3.05, 3.63) is 107 Å². The number of nitrogens with one attached hydrogen (secondary N) is 2. The van der Waals surface area contributed by atoms with Gasteiger partial charge in [-0.2, -0.15) is 0 Å². The van der Waals surface area contributed by atoms with Crippen LogP contribution in [0.2, 0.25) is 0 Å². The Balaban J connectivity index is 1.48. The zero-order valence-electron chi connectivity index (χ0n) is 18.2. The van der Waals surface area contributed by atoms with E-state index in [1.807, 2.05) is 98.1 Å². The van der Waals surface area contributed by atoms with Crippen molar-refractivity contribution in [1.82, 2.24) is 4.98 Å². The summed E-state index contributed by atoms with van der Waals surface area (Å²) in [7, 11) is 0. The highest BCUT2D eigenvalue weighted by Gasteiger charge is 2.23. The molecule has 166 valence electrons. The molecule has 1 heterocycles. The molecule has 33 heavy (non-hydrogen) atoms. The zero-order chi connectivity index (χ0) is 23.2. The average molecular weight is 474 g/mol. The van der Waals surface area contributed by atoms with Gasteiger partial charge in [0.25, 0.3) is 5.91 Å². The molecule has 0 bridgehead atoms. The molecule has 2 N–H and O–H groups in total. The molecule has 0 radical (unpaired) electrons. The molecule has 0 saturated carbocycles. The number of carbonyl (C=O) groups excluding carboxylic acids is 2. The van der Waals surface area contributed by atoms with Crippen molar-refractivity contribution >= 4 is 45.7 Å². The monoisotopic (exact) mass is 473 g/mol. The Morgan fingerprint density at radius 3 is 2.24 bits per heavy atom. The molecule has 0 aliphatic heterocycles. The summed E-state index contributed by atoms with van der Waals surface area (Å²) >= 11 is 2.87. The summed E-state index contributed by atoms with van der Waals surface area (Å²) in [4.78, 5) is 30.9. The number of aromatic nitrogens is 1. The van der Waals surface area contributed by atoms with Crippen LogP contribution in [0.4, 0.5) is 10.8 Å². The first-order valence-electron chi connectivity index (χ1n) is 10.4. The maximum absolute atomic E-state index is 13.1. The Labute approximate surface area is 201 Å². The highest BCUT2D eigenvalue weighted by Crippen LogP contribution is 2.37. The third-order valence-corrected chi connectivity index (χ3v) is 7.09. The Morgan fingerprint density at radius 1 is 0.879 bits per heavy atom. The highest BCUT2D eigenvalue weighted by molar-refractivity contribution is 8.00. The van der Waals surface area contributed by atoms with Gasteiger partial charge in [0.15, 0.2) is 5.13 Å². The van der Waals surface area contributed by atoms with E-state index >= 15 is 0 Å². The van der Waals surface area contributed by atoms with Gasteiger partial charge < -0.3 is 10.6 Å². The number of carbonyl (C=O) groups is 2. The van der Waals surface area contributed by atoms with Crippen LogP contribution in [0.1, 0.15) is 32.4 Å². The van der Waals surface area contributed by atoms with Gasteiger partial charge in [0, 0.05) is 21.5 Å². The van der Waals surface area contributed by atoms with Crippen molar-refractivity contribution < 1.29 is 9.59 Å². The molecule has 0 fully saturated rings. The van der Waals surface area contributed by atoms with E-state index in [9.17, 15) is 9.59 Å². The van der Waals surface area contributed by atoms with Gasteiger partial charge >= 0.3 is 0 Å². The number of aryl methyl sites for hydroxylation is 2. The van der Waals surface area contributed by atoms with E-state index in [-0.39, 0.29) is 11.8 Å². The van der Waals surface area contributed by atoms with Crippen LogP contribution in [-0.2, 0) is 4.79 Å². The lowest BCUT2D eigenvalue weighted by molar-refractivity contribution is -0.115. The molecule has 1 aromatic heterocycles. The van der Waals surface area contributed by atoms with E-state index in [1.54, 1.807) is 0 Å². The lowest BCUT2D eigenvalue weighted by Gasteiger charge is -2.16. The summed E-state index contributed by atoms with van der Waals surface area (Å²) in [5.41, 5.74) is 4.06. The van der Waals surface area contributed by atoms with Gasteiger partial charge in [-0.25, -0.2) is 4.98 Å². The molecule has 4 aromatic rings. The summed E-state index contributed by atoms with van der Waals surface area (Å²) in [5.74, 6) is -0.272. The molecule has 2 amide bonds. The quantitative estimate of drug-likeness (QED) is 0.301. The maximum atomic E-state index is 13.1. The van der Waals surface area contributed by atoms with Crippen LogP contribution in [-0.4, -0.2) is 16.8 Å². The Morgan fingerprint density at radius 2 is 1.58 bits per heavy atom. The van der Waals surface area contributed by atoms with Gasteiger partial charge in [-0.05, 0) is 55.3 Å². The van der Waals surface area contributed by atoms with E-state index < -0.39 is 5.25 Å². The van der Waals surface area contributed by atoms with Crippen molar-refractivity contribution in [2.24, 2.45) is 0 Å². The number of hydrogen-bond donors (Lipinski definition) is 2. The molecule has 5 nitrogen and oxygen atoms in total. The third-order valence-electron chi connectivity index (χ3n) is 4.95. The minimum Gasteiger partial charge on any atom is -0.322 e. The number of amides is 2. The van der Waals surface area contributed by atoms with Crippen LogP contribution >= 0.6 is 23.1 Å². The summed E-state index contributed by atoms with van der Waals surface area (Å²) in [6.07, 6.45) is 0. The first kappa shape index (κ1) is 22.8. The van der Waals surface area contributed by atoms with Gasteiger partial charge in [0.05, 0.1) is 5.69 Å². The number of thiazole rings is 1. The first-order valence-corrected chi connectivity index (χ1v) is 12.2. The number of rotatable bonds is 7. The van der Waals surface area contributed by atoms with Crippen LogP contribution in [0.15, 0.2) is 89.1 Å². The molecule has 0 aliphatic carbocycles. The Bertz CT molecular complexity index is 1250. The number of hydrogen-bond acceptors (Lipinski definition) is 5. The molecule has 0 saturated heterocycles. The number of nitrogens with zero attached hydrogens (tertiary/aromatic N) is 1. The van der Waals surface area contributed by atoms with Gasteiger partial charge in [-0.3, -0.25) is 9.59 Å². The topological polar surface area (TPSA) is 71.1 Å². The second-order valence-electron chi connectivity index (χ2n) is 7.49. The predicted octanol–water partition coefficient (Wildman–Crippen LogP) is 6.48. The van der Waals surface area contributed by atoms with E-state index in [1.165, 1.54) is 23.1 Å². The van der Waals surface area contributed by atoms with Crippen LogP contribution in [0.25, 0.3) is 0 Å². The minimum absolute atomic E-state index is 0.127. The highest BCUT2D eigenvalue weighted by atomic mass is 32.2. The number of benzene rings is 3. The second kappa shape index (κ2) is 10.5. The lowest BCUT2D eigenvalue weighted by Crippen LogP contribution is -2.19. The summed E-state index contributed by atoms with van der Waals surface area (Å²) in [5, 5.41) is 7.92. The van der Waals surface area contributed by atoms with Crippen molar-refractivity contribution in [1.29, 1.82) is 0 Å². The Hall–Kier alpha value is -3.42. The molecular formula is C26H23N3O2S2. The first-order chi connectivity index (χ1) is 16.0. The summed E-state index contributed by atoms with van der Waals surface area (Å²) in [6, 6.07) is 24.7. The fourth-order valence-corrected chi connectivity index (χ4v) is 4.98. The molecule has 1 unspecified atom stereocenters. The smallest absolute Gasteiger partial charge is 0.255 e. The van der Waals surface area contributed by atoms with E-state index in [0.717, 1.165) is 21.7 Å². The maximum Gasteiger partial charge on any atom is 0.255 e. The summed E-state index contributed by atoms with van der Waals surface area (Å²) < 4.78 is 0. The van der Waals surface area contributed by atoms with Crippen molar-refractivity contribution in [2.45, 2.75) is 24.0 Å². The van der Waals surface area contributed by atoms with Gasteiger partial charge in [0.2, 0.25) is 5.91 Å². The van der Waals surface area contributed by atoms with Crippen LogP contribution in [0.3, 0.4) is 0 Å². The van der Waals surface area contributed by atoms with E-state index in [4.69, 9.17) is 0 Å². The fourth-order valence-electron chi connectivity index (χ4n) is 3.26. The van der Waals surface area contributed by atoms with Gasteiger partial charge in [-0.15, -0.1) is 23.1 Å². The van der Waals surface area contributed by atoms with Crippen LogP contribution in [0.5, 0.6) is 0 Å². The lowest BCUT2D eigenvalue weighted by atomic mass is 10.1. The average Bonchev–Trinajstić information content (AvgIpc) is 3.23.